The first-order valence-electron chi connectivity index (χ1n) is 9.26. The second-order valence-electron chi connectivity index (χ2n) is 6.86. The van der Waals surface area contributed by atoms with Gasteiger partial charge in [-0.2, -0.15) is 0 Å². The summed E-state index contributed by atoms with van der Waals surface area (Å²) in [4.78, 5) is 4.01. The van der Waals surface area contributed by atoms with E-state index in [-0.39, 0.29) is 0 Å². The van der Waals surface area contributed by atoms with Crippen molar-refractivity contribution in [3.05, 3.63) is 40.1 Å². The predicted octanol–water partition coefficient (Wildman–Crippen LogP) is 3.79. The van der Waals surface area contributed by atoms with Crippen LogP contribution < -0.4 is 0 Å². The molecule has 2 aliphatic heterocycles. The first-order valence-corrected chi connectivity index (χ1v) is 10.1. The molecule has 0 atom stereocenters. The third-order valence-electron chi connectivity index (χ3n) is 5.19. The third-order valence-corrected chi connectivity index (χ3v) is 6.14. The summed E-state index contributed by atoms with van der Waals surface area (Å²) in [6, 6.07) is 4.39. The van der Waals surface area contributed by atoms with Crippen molar-refractivity contribution >= 4 is 16.9 Å². The fourth-order valence-corrected chi connectivity index (χ4v) is 4.59. The molecular weight excluding hydrogens is 316 g/mol. The summed E-state index contributed by atoms with van der Waals surface area (Å²) in [5, 5.41) is 11.0. The van der Waals surface area contributed by atoms with E-state index in [1.54, 1.807) is 0 Å². The molecule has 128 valence electrons. The van der Waals surface area contributed by atoms with E-state index >= 15 is 0 Å². The van der Waals surface area contributed by atoms with E-state index < -0.39 is 0 Å². The van der Waals surface area contributed by atoms with E-state index in [0.29, 0.717) is 0 Å². The molecule has 4 nitrogen and oxygen atoms in total. The molecule has 2 aromatic heterocycles. The van der Waals surface area contributed by atoms with Crippen molar-refractivity contribution in [1.29, 1.82) is 0 Å². The van der Waals surface area contributed by atoms with Crippen LogP contribution in [0.1, 0.15) is 48.6 Å². The van der Waals surface area contributed by atoms with Crippen LogP contribution in [-0.4, -0.2) is 39.3 Å². The summed E-state index contributed by atoms with van der Waals surface area (Å²) in [5.41, 5.74) is 1.53. The Morgan fingerprint density at radius 2 is 2.08 bits per heavy atom. The summed E-state index contributed by atoms with van der Waals surface area (Å²) in [5.74, 6) is 2.42. The average molecular weight is 343 g/mol. The largest absolute Gasteiger partial charge is 0.315 e. The third kappa shape index (κ3) is 3.62. The minimum Gasteiger partial charge on any atom is -0.315 e. The van der Waals surface area contributed by atoms with Gasteiger partial charge in [0.05, 0.1) is 0 Å². The molecule has 4 heterocycles. The molecule has 0 amide bonds. The van der Waals surface area contributed by atoms with E-state index in [1.807, 2.05) is 11.3 Å². The lowest BCUT2D eigenvalue weighted by Crippen LogP contribution is -2.29. The number of thiophene rings is 1. The Hall–Kier alpha value is -1.46. The fourth-order valence-electron chi connectivity index (χ4n) is 3.79. The Labute approximate surface area is 148 Å². The predicted molar refractivity (Wildman–Crippen MR) is 99.3 cm³/mol. The molecule has 4 rings (SSSR count). The zero-order valence-corrected chi connectivity index (χ0v) is 15.1. The molecule has 0 aliphatic carbocycles. The lowest BCUT2D eigenvalue weighted by molar-refractivity contribution is 0.296. The van der Waals surface area contributed by atoms with Crippen molar-refractivity contribution in [2.24, 2.45) is 0 Å². The standard InChI is InChI=1S/C19H26N4S/c1-2-7-18-20-21-19(23(18)12-3-1)8-4-11-22-13-9-16(10-14-22)17-6-5-15-24-17/h5-6,9,15H,1-4,7-8,10-14H2. The second-order valence-corrected chi connectivity index (χ2v) is 7.80. The van der Waals surface area contributed by atoms with E-state index in [4.69, 9.17) is 0 Å². The highest BCUT2D eigenvalue weighted by Gasteiger charge is 2.16. The minimum atomic E-state index is 1.06. The van der Waals surface area contributed by atoms with Gasteiger partial charge in [-0.1, -0.05) is 18.6 Å². The van der Waals surface area contributed by atoms with Gasteiger partial charge in [0.15, 0.2) is 0 Å². The van der Waals surface area contributed by atoms with Gasteiger partial charge >= 0.3 is 0 Å². The minimum absolute atomic E-state index is 1.06. The molecule has 2 aromatic rings. The molecule has 0 saturated heterocycles. The summed E-state index contributed by atoms with van der Waals surface area (Å²) in [6.45, 7) is 4.55. The van der Waals surface area contributed by atoms with Crippen molar-refractivity contribution in [1.82, 2.24) is 19.7 Å². The van der Waals surface area contributed by atoms with Gasteiger partial charge in [-0.25, -0.2) is 0 Å². The van der Waals surface area contributed by atoms with Gasteiger partial charge in [-0.05, 0) is 49.2 Å². The SMILES string of the molecule is C1=C(c2cccs2)CCN(CCCc2nnc3n2CCCCC3)C1. The maximum atomic E-state index is 4.45. The van der Waals surface area contributed by atoms with Gasteiger partial charge in [0.2, 0.25) is 0 Å². The Morgan fingerprint density at radius 1 is 1.08 bits per heavy atom. The van der Waals surface area contributed by atoms with Crippen LogP contribution in [0.2, 0.25) is 0 Å². The highest BCUT2D eigenvalue weighted by atomic mass is 32.1. The highest BCUT2D eigenvalue weighted by Crippen LogP contribution is 2.26. The lowest BCUT2D eigenvalue weighted by Gasteiger charge is -2.25. The zero-order valence-electron chi connectivity index (χ0n) is 14.3. The van der Waals surface area contributed by atoms with Crippen LogP contribution in [0.25, 0.3) is 5.57 Å². The number of aromatic nitrogens is 3. The smallest absolute Gasteiger partial charge is 0.133 e. The summed E-state index contributed by atoms with van der Waals surface area (Å²) in [7, 11) is 0. The highest BCUT2D eigenvalue weighted by molar-refractivity contribution is 7.11. The first kappa shape index (κ1) is 16.0. The lowest BCUT2D eigenvalue weighted by atomic mass is 10.1. The Balaban J connectivity index is 1.27. The Morgan fingerprint density at radius 3 is 2.92 bits per heavy atom. The van der Waals surface area contributed by atoms with Crippen LogP contribution in [-0.2, 0) is 19.4 Å². The van der Waals surface area contributed by atoms with Crippen molar-refractivity contribution in [2.75, 3.05) is 19.6 Å². The molecule has 0 saturated carbocycles. The second kappa shape index (κ2) is 7.62. The molecule has 0 unspecified atom stereocenters. The molecule has 0 aromatic carbocycles. The van der Waals surface area contributed by atoms with Crippen LogP contribution in [0.5, 0.6) is 0 Å². The molecule has 0 N–H and O–H groups in total. The number of hydrogen-bond acceptors (Lipinski definition) is 4. The van der Waals surface area contributed by atoms with E-state index in [1.165, 1.54) is 60.7 Å². The fraction of sp³-hybridized carbons (Fsp3) is 0.579. The number of fused-ring (bicyclic) bond motifs is 1. The maximum Gasteiger partial charge on any atom is 0.133 e. The number of hydrogen-bond donors (Lipinski definition) is 0. The van der Waals surface area contributed by atoms with Crippen molar-refractivity contribution < 1.29 is 0 Å². The van der Waals surface area contributed by atoms with Crippen LogP contribution in [0.4, 0.5) is 0 Å². The van der Waals surface area contributed by atoms with Gasteiger partial charge in [0.1, 0.15) is 11.6 Å². The molecule has 2 aliphatic rings. The van der Waals surface area contributed by atoms with Crippen LogP contribution >= 0.6 is 11.3 Å². The van der Waals surface area contributed by atoms with Crippen LogP contribution in [0, 0.1) is 0 Å². The molecule has 0 spiro atoms. The maximum absolute atomic E-state index is 4.45. The summed E-state index contributed by atoms with van der Waals surface area (Å²) < 4.78 is 2.39. The van der Waals surface area contributed by atoms with Crippen molar-refractivity contribution in [3.8, 4) is 0 Å². The normalized spacial score (nSPS) is 18.9. The van der Waals surface area contributed by atoms with Gasteiger partial charge in [-0.3, -0.25) is 4.90 Å². The van der Waals surface area contributed by atoms with Crippen molar-refractivity contribution in [2.45, 2.75) is 51.5 Å². The number of aryl methyl sites for hydroxylation is 2. The molecule has 24 heavy (non-hydrogen) atoms. The average Bonchev–Trinajstić information content (AvgIpc) is 3.21. The van der Waals surface area contributed by atoms with Gasteiger partial charge < -0.3 is 4.57 Å². The molecular formula is C19H26N4S. The molecule has 0 fully saturated rings. The van der Waals surface area contributed by atoms with Crippen LogP contribution in [0.15, 0.2) is 23.6 Å². The zero-order chi connectivity index (χ0) is 16.2. The first-order chi connectivity index (χ1) is 11.9. The topological polar surface area (TPSA) is 34.0 Å². The van der Waals surface area contributed by atoms with Crippen molar-refractivity contribution in [3.63, 3.8) is 0 Å². The molecule has 0 bridgehead atoms. The number of nitrogens with zero attached hydrogens (tertiary/aromatic N) is 4. The quantitative estimate of drug-likeness (QED) is 0.829. The van der Waals surface area contributed by atoms with E-state index in [0.717, 1.165) is 32.5 Å². The van der Waals surface area contributed by atoms with Gasteiger partial charge in [-0.15, -0.1) is 21.5 Å². The molecule has 0 radical (unpaired) electrons. The van der Waals surface area contributed by atoms with E-state index in [9.17, 15) is 0 Å². The van der Waals surface area contributed by atoms with Crippen LogP contribution in [0.3, 0.4) is 0 Å². The number of rotatable bonds is 5. The van der Waals surface area contributed by atoms with E-state index in [2.05, 4.69) is 43.3 Å². The van der Waals surface area contributed by atoms with Gasteiger partial charge in [0.25, 0.3) is 0 Å². The Kier molecular flexibility index (Phi) is 5.09. The molecule has 5 heteroatoms. The summed E-state index contributed by atoms with van der Waals surface area (Å²) in [6.07, 6.45) is 10.8. The summed E-state index contributed by atoms with van der Waals surface area (Å²) >= 11 is 1.86. The Bertz CT molecular complexity index is 686. The van der Waals surface area contributed by atoms with Gasteiger partial charge in [0, 0.05) is 37.4 Å². The monoisotopic (exact) mass is 342 g/mol.